The molecular formula is C19H24FNO4. The molecule has 2 aliphatic heterocycles. The van der Waals surface area contributed by atoms with Crippen LogP contribution in [0.4, 0.5) is 9.18 Å². The fraction of sp³-hybridized carbons (Fsp3) is 0.579. The van der Waals surface area contributed by atoms with Gasteiger partial charge in [0.2, 0.25) is 0 Å². The smallest absolute Gasteiger partial charge is 0.410 e. The number of piperidine rings is 2. The van der Waals surface area contributed by atoms with Gasteiger partial charge in [-0.25, -0.2) is 9.18 Å². The van der Waals surface area contributed by atoms with E-state index in [1.54, 1.807) is 17.0 Å². The second-order valence-electron chi connectivity index (χ2n) is 7.81. The van der Waals surface area contributed by atoms with E-state index in [4.69, 9.17) is 9.47 Å². The summed E-state index contributed by atoms with van der Waals surface area (Å²) in [7, 11) is 0. The number of hydrogen-bond donors (Lipinski definition) is 0. The number of ether oxygens (including phenoxy) is 2. The van der Waals surface area contributed by atoms with E-state index in [-0.39, 0.29) is 35.9 Å². The van der Waals surface area contributed by atoms with E-state index in [0.29, 0.717) is 31.4 Å². The predicted octanol–water partition coefficient (Wildman–Crippen LogP) is 3.70. The molecule has 0 radical (unpaired) electrons. The van der Waals surface area contributed by atoms with Crippen molar-refractivity contribution in [2.75, 3.05) is 0 Å². The average molecular weight is 349 g/mol. The Bertz CT molecular complexity index is 634. The number of halogens is 1. The second-order valence-corrected chi connectivity index (χ2v) is 7.81. The summed E-state index contributed by atoms with van der Waals surface area (Å²) in [6, 6.07) is 5.48. The largest absolute Gasteiger partial charge is 0.490 e. The van der Waals surface area contributed by atoms with Crippen molar-refractivity contribution >= 4 is 11.9 Å². The summed E-state index contributed by atoms with van der Waals surface area (Å²) in [5.41, 5.74) is -0.573. The van der Waals surface area contributed by atoms with Gasteiger partial charge in [0.1, 0.15) is 29.1 Å². The summed E-state index contributed by atoms with van der Waals surface area (Å²) in [5, 5.41) is 0. The zero-order chi connectivity index (χ0) is 18.2. The zero-order valence-corrected chi connectivity index (χ0v) is 14.8. The number of benzene rings is 1. The minimum atomic E-state index is -0.573. The second kappa shape index (κ2) is 6.65. The zero-order valence-electron chi connectivity index (χ0n) is 14.8. The number of nitrogens with zero attached hydrogens (tertiary/aromatic N) is 1. The molecule has 0 saturated carbocycles. The van der Waals surface area contributed by atoms with Crippen molar-refractivity contribution < 1.29 is 23.5 Å². The van der Waals surface area contributed by atoms with Crippen molar-refractivity contribution in [2.24, 2.45) is 0 Å². The molecule has 2 bridgehead atoms. The number of amides is 1. The third-order valence-electron chi connectivity index (χ3n) is 4.50. The fourth-order valence-electron chi connectivity index (χ4n) is 3.62. The van der Waals surface area contributed by atoms with Gasteiger partial charge in [0.25, 0.3) is 0 Å². The third-order valence-corrected chi connectivity index (χ3v) is 4.50. The lowest BCUT2D eigenvalue weighted by atomic mass is 9.82. The van der Waals surface area contributed by atoms with Crippen molar-refractivity contribution in [3.8, 4) is 5.75 Å². The maximum absolute atomic E-state index is 13.0. The van der Waals surface area contributed by atoms with Crippen molar-refractivity contribution in [3.63, 3.8) is 0 Å². The molecule has 0 spiro atoms. The Morgan fingerprint density at radius 3 is 2.20 bits per heavy atom. The standard InChI is InChI=1S/C19H24FNO4/c1-19(2,3)25-18(23)21-13-8-15(22)9-14(21)11-17(10-13)24-16-6-4-12(20)5-7-16/h4-7,13-14,17H,8-11H2,1-3H3. The Labute approximate surface area is 147 Å². The van der Waals surface area contributed by atoms with Gasteiger partial charge in [-0.1, -0.05) is 0 Å². The van der Waals surface area contributed by atoms with Crippen molar-refractivity contribution in [2.45, 2.75) is 70.2 Å². The maximum atomic E-state index is 13.0. The Kier molecular flexibility index (Phi) is 4.71. The molecule has 2 fully saturated rings. The predicted molar refractivity (Wildman–Crippen MR) is 89.9 cm³/mol. The van der Waals surface area contributed by atoms with E-state index in [2.05, 4.69) is 0 Å². The number of carbonyl (C=O) groups is 2. The van der Waals surface area contributed by atoms with Gasteiger partial charge in [0, 0.05) is 37.8 Å². The Balaban J connectivity index is 1.71. The summed E-state index contributed by atoms with van der Waals surface area (Å²) in [4.78, 5) is 26.2. The molecule has 136 valence electrons. The lowest BCUT2D eigenvalue weighted by molar-refractivity contribution is -0.128. The van der Waals surface area contributed by atoms with Crippen LogP contribution >= 0.6 is 0 Å². The normalized spacial score (nSPS) is 26.3. The van der Waals surface area contributed by atoms with Gasteiger partial charge < -0.3 is 14.4 Å². The van der Waals surface area contributed by atoms with Crippen molar-refractivity contribution in [3.05, 3.63) is 30.1 Å². The lowest BCUT2D eigenvalue weighted by Crippen LogP contribution is -2.59. The maximum Gasteiger partial charge on any atom is 0.410 e. The molecule has 5 nitrogen and oxygen atoms in total. The first-order valence-electron chi connectivity index (χ1n) is 8.66. The molecule has 2 heterocycles. The van der Waals surface area contributed by atoms with Gasteiger partial charge in [-0.15, -0.1) is 0 Å². The van der Waals surface area contributed by atoms with E-state index in [9.17, 15) is 14.0 Å². The molecular weight excluding hydrogens is 325 g/mol. The van der Waals surface area contributed by atoms with Gasteiger partial charge in [0.15, 0.2) is 0 Å². The van der Waals surface area contributed by atoms with Crippen LogP contribution in [0.5, 0.6) is 5.75 Å². The highest BCUT2D eigenvalue weighted by Crippen LogP contribution is 2.35. The molecule has 0 N–H and O–H groups in total. The minimum absolute atomic E-state index is 0.104. The van der Waals surface area contributed by atoms with Crippen LogP contribution in [0, 0.1) is 5.82 Å². The molecule has 6 heteroatoms. The first-order chi connectivity index (χ1) is 11.7. The number of ketones is 1. The quantitative estimate of drug-likeness (QED) is 0.817. The fourth-order valence-corrected chi connectivity index (χ4v) is 3.62. The van der Waals surface area contributed by atoms with Gasteiger partial charge in [-0.3, -0.25) is 4.79 Å². The molecule has 1 aromatic rings. The van der Waals surface area contributed by atoms with E-state index >= 15 is 0 Å². The first kappa shape index (κ1) is 17.7. The number of carbonyl (C=O) groups excluding carboxylic acids is 2. The van der Waals surface area contributed by atoms with Crippen LogP contribution in [0.15, 0.2) is 24.3 Å². The molecule has 2 atom stereocenters. The molecule has 1 aromatic carbocycles. The molecule has 2 aliphatic rings. The highest BCUT2D eigenvalue weighted by Gasteiger charge is 2.45. The minimum Gasteiger partial charge on any atom is -0.490 e. The lowest BCUT2D eigenvalue weighted by Gasteiger charge is -2.47. The number of hydrogen-bond acceptors (Lipinski definition) is 4. The SMILES string of the molecule is CC(C)(C)OC(=O)N1C2CC(=O)CC1CC(Oc1ccc(F)cc1)C2. The van der Waals surface area contributed by atoms with Crippen LogP contribution in [0.25, 0.3) is 0 Å². The Hall–Kier alpha value is -2.11. The van der Waals surface area contributed by atoms with Gasteiger partial charge in [0.05, 0.1) is 0 Å². The summed E-state index contributed by atoms with van der Waals surface area (Å²) >= 11 is 0. The molecule has 1 amide bonds. The highest BCUT2D eigenvalue weighted by atomic mass is 19.1. The molecule has 2 saturated heterocycles. The van der Waals surface area contributed by atoms with Crippen molar-refractivity contribution in [1.82, 2.24) is 4.90 Å². The summed E-state index contributed by atoms with van der Waals surface area (Å²) < 4.78 is 24.5. The van der Waals surface area contributed by atoms with Crippen LogP contribution in [-0.2, 0) is 9.53 Å². The first-order valence-corrected chi connectivity index (χ1v) is 8.66. The van der Waals surface area contributed by atoms with Crippen LogP contribution < -0.4 is 4.74 Å². The Morgan fingerprint density at radius 1 is 1.12 bits per heavy atom. The molecule has 25 heavy (non-hydrogen) atoms. The number of Topliss-reactive ketones (excluding diaryl/α,β-unsaturated/α-hetero) is 1. The third kappa shape index (κ3) is 4.30. The van der Waals surface area contributed by atoms with Crippen LogP contribution in [0.3, 0.4) is 0 Å². The number of rotatable bonds is 2. The molecule has 0 aromatic heterocycles. The van der Waals surface area contributed by atoms with Gasteiger partial charge in [-0.05, 0) is 45.0 Å². The summed E-state index contributed by atoms with van der Waals surface area (Å²) in [6.45, 7) is 5.49. The van der Waals surface area contributed by atoms with E-state index < -0.39 is 5.60 Å². The summed E-state index contributed by atoms with van der Waals surface area (Å²) in [5.74, 6) is 0.464. The summed E-state index contributed by atoms with van der Waals surface area (Å²) in [6.07, 6.45) is 1.33. The van der Waals surface area contributed by atoms with Crippen LogP contribution in [0.1, 0.15) is 46.5 Å². The topological polar surface area (TPSA) is 55.8 Å². The van der Waals surface area contributed by atoms with Crippen LogP contribution in [-0.4, -0.2) is 40.6 Å². The molecule has 0 aliphatic carbocycles. The average Bonchev–Trinajstić information content (AvgIpc) is 2.46. The van der Waals surface area contributed by atoms with E-state index in [0.717, 1.165) is 0 Å². The van der Waals surface area contributed by atoms with Gasteiger partial charge >= 0.3 is 6.09 Å². The van der Waals surface area contributed by atoms with E-state index in [1.165, 1.54) is 12.1 Å². The van der Waals surface area contributed by atoms with Crippen LogP contribution in [0.2, 0.25) is 0 Å². The number of fused-ring (bicyclic) bond motifs is 2. The monoisotopic (exact) mass is 349 g/mol. The molecule has 3 rings (SSSR count). The van der Waals surface area contributed by atoms with E-state index in [1.807, 2.05) is 20.8 Å². The molecule has 2 unspecified atom stereocenters. The highest BCUT2D eigenvalue weighted by molar-refractivity contribution is 5.83. The van der Waals surface area contributed by atoms with Gasteiger partial charge in [-0.2, -0.15) is 0 Å². The Morgan fingerprint density at radius 2 is 1.68 bits per heavy atom. The van der Waals surface area contributed by atoms with Crippen molar-refractivity contribution in [1.29, 1.82) is 0 Å².